The second kappa shape index (κ2) is 5.50. The van der Waals surface area contributed by atoms with Gasteiger partial charge >= 0.3 is 0 Å². The molecule has 0 atom stereocenters. The van der Waals surface area contributed by atoms with E-state index < -0.39 is 0 Å². The van der Waals surface area contributed by atoms with E-state index in [2.05, 4.69) is 55.4 Å². The molecule has 0 N–H and O–H groups in total. The standard InChI is InChI=1S/C14H30O2/c1-9-10-13(5,6)15-16-14(7,8)11-12(2,3)4/h9-11H2,1-8H3. The summed E-state index contributed by atoms with van der Waals surface area (Å²) in [5.41, 5.74) is -0.172. The van der Waals surface area contributed by atoms with Gasteiger partial charge in [0.1, 0.15) is 0 Å². The van der Waals surface area contributed by atoms with Gasteiger partial charge in [-0.1, -0.05) is 34.1 Å². The Hall–Kier alpha value is -0.0800. The first-order valence-corrected chi connectivity index (χ1v) is 6.34. The summed E-state index contributed by atoms with van der Waals surface area (Å²) in [4.78, 5) is 11.2. The van der Waals surface area contributed by atoms with Crippen molar-refractivity contribution in [1.29, 1.82) is 0 Å². The Bertz CT molecular complexity index is 199. The molecule has 0 spiro atoms. The molecule has 0 aliphatic rings. The maximum absolute atomic E-state index is 5.62. The van der Waals surface area contributed by atoms with Gasteiger partial charge in [-0.15, -0.1) is 0 Å². The molecule has 0 amide bonds. The monoisotopic (exact) mass is 230 g/mol. The highest BCUT2D eigenvalue weighted by molar-refractivity contribution is 4.76. The predicted molar refractivity (Wildman–Crippen MR) is 69.3 cm³/mol. The minimum Gasteiger partial charge on any atom is -0.230 e. The summed E-state index contributed by atoms with van der Waals surface area (Å²) in [5, 5.41) is 0. The Kier molecular flexibility index (Phi) is 5.48. The number of hydrogen-bond donors (Lipinski definition) is 0. The van der Waals surface area contributed by atoms with Gasteiger partial charge in [0, 0.05) is 0 Å². The van der Waals surface area contributed by atoms with E-state index in [0.717, 1.165) is 19.3 Å². The molecule has 2 heteroatoms. The Morgan fingerprint density at radius 3 is 1.56 bits per heavy atom. The first-order chi connectivity index (χ1) is 6.97. The van der Waals surface area contributed by atoms with Crippen molar-refractivity contribution in [2.75, 3.05) is 0 Å². The van der Waals surface area contributed by atoms with E-state index in [9.17, 15) is 0 Å². The molecule has 0 rings (SSSR count). The van der Waals surface area contributed by atoms with Gasteiger partial charge in [0.05, 0.1) is 11.2 Å². The topological polar surface area (TPSA) is 18.5 Å². The lowest BCUT2D eigenvalue weighted by Crippen LogP contribution is -2.35. The highest BCUT2D eigenvalue weighted by Gasteiger charge is 2.30. The lowest BCUT2D eigenvalue weighted by Gasteiger charge is -2.34. The van der Waals surface area contributed by atoms with Crippen molar-refractivity contribution in [3.8, 4) is 0 Å². The Labute approximate surface area is 102 Å². The molecule has 0 aliphatic heterocycles. The van der Waals surface area contributed by atoms with E-state index in [4.69, 9.17) is 9.78 Å². The van der Waals surface area contributed by atoms with E-state index in [-0.39, 0.29) is 16.6 Å². The zero-order chi connectivity index (χ0) is 13.0. The van der Waals surface area contributed by atoms with Crippen LogP contribution >= 0.6 is 0 Å². The van der Waals surface area contributed by atoms with Crippen LogP contribution in [0.25, 0.3) is 0 Å². The van der Waals surface area contributed by atoms with Crippen molar-refractivity contribution >= 4 is 0 Å². The van der Waals surface area contributed by atoms with E-state index >= 15 is 0 Å². The van der Waals surface area contributed by atoms with Crippen molar-refractivity contribution in [3.05, 3.63) is 0 Å². The van der Waals surface area contributed by atoms with Crippen LogP contribution in [-0.4, -0.2) is 11.2 Å². The summed E-state index contributed by atoms with van der Waals surface area (Å²) in [6.45, 7) is 17.1. The maximum Gasteiger partial charge on any atom is 0.0985 e. The van der Waals surface area contributed by atoms with Crippen LogP contribution in [0.2, 0.25) is 0 Å². The van der Waals surface area contributed by atoms with Gasteiger partial charge in [-0.25, -0.2) is 9.78 Å². The van der Waals surface area contributed by atoms with Gasteiger partial charge in [0.15, 0.2) is 0 Å². The van der Waals surface area contributed by atoms with Gasteiger partial charge < -0.3 is 0 Å². The summed E-state index contributed by atoms with van der Waals surface area (Å²) in [7, 11) is 0. The van der Waals surface area contributed by atoms with Crippen LogP contribution in [0.1, 0.15) is 74.7 Å². The number of hydrogen-bond acceptors (Lipinski definition) is 2. The maximum atomic E-state index is 5.62. The van der Waals surface area contributed by atoms with Gasteiger partial charge in [0.2, 0.25) is 0 Å². The van der Waals surface area contributed by atoms with Gasteiger partial charge in [-0.05, 0) is 46.0 Å². The Morgan fingerprint density at radius 2 is 1.19 bits per heavy atom. The summed E-state index contributed by atoms with van der Waals surface area (Å²) in [6.07, 6.45) is 3.09. The van der Waals surface area contributed by atoms with Crippen LogP contribution in [0.5, 0.6) is 0 Å². The molecule has 0 aromatic heterocycles. The molecule has 0 saturated heterocycles. The summed E-state index contributed by atoms with van der Waals surface area (Å²) < 4.78 is 0. The summed E-state index contributed by atoms with van der Waals surface area (Å²) in [6, 6.07) is 0. The fraction of sp³-hybridized carbons (Fsp3) is 1.00. The van der Waals surface area contributed by atoms with Gasteiger partial charge in [0.25, 0.3) is 0 Å². The zero-order valence-electron chi connectivity index (χ0n) is 12.4. The molecule has 0 radical (unpaired) electrons. The minimum absolute atomic E-state index is 0.191. The molecule has 0 saturated carbocycles. The van der Waals surface area contributed by atoms with Crippen molar-refractivity contribution in [2.24, 2.45) is 5.41 Å². The van der Waals surface area contributed by atoms with Gasteiger partial charge in [-0.2, -0.15) is 0 Å². The average Bonchev–Trinajstić information content (AvgIpc) is 1.97. The molecule has 2 nitrogen and oxygen atoms in total. The molecule has 0 heterocycles. The van der Waals surface area contributed by atoms with Crippen molar-refractivity contribution in [2.45, 2.75) is 85.9 Å². The van der Waals surface area contributed by atoms with Crippen molar-refractivity contribution in [1.82, 2.24) is 0 Å². The smallest absolute Gasteiger partial charge is 0.0985 e. The second-order valence-corrected chi connectivity index (χ2v) is 7.17. The predicted octanol–water partition coefficient (Wildman–Crippen LogP) is 4.73. The van der Waals surface area contributed by atoms with Crippen molar-refractivity contribution in [3.63, 3.8) is 0 Å². The molecule has 0 unspecified atom stereocenters. The molecular weight excluding hydrogens is 200 g/mol. The van der Waals surface area contributed by atoms with E-state index in [1.54, 1.807) is 0 Å². The molecule has 16 heavy (non-hydrogen) atoms. The third-order valence-corrected chi connectivity index (χ3v) is 2.30. The highest BCUT2D eigenvalue weighted by Crippen LogP contribution is 2.31. The molecule has 0 aliphatic carbocycles. The second-order valence-electron chi connectivity index (χ2n) is 7.17. The third-order valence-electron chi connectivity index (χ3n) is 2.30. The lowest BCUT2D eigenvalue weighted by atomic mass is 9.84. The van der Waals surface area contributed by atoms with Crippen LogP contribution in [0.4, 0.5) is 0 Å². The van der Waals surface area contributed by atoms with E-state index in [1.807, 2.05) is 0 Å². The van der Waals surface area contributed by atoms with Crippen molar-refractivity contribution < 1.29 is 9.78 Å². The fourth-order valence-electron chi connectivity index (χ4n) is 2.18. The Balaban J connectivity index is 4.18. The number of rotatable bonds is 6. The first-order valence-electron chi connectivity index (χ1n) is 6.34. The van der Waals surface area contributed by atoms with E-state index in [0.29, 0.717) is 0 Å². The normalized spacial score (nSPS) is 14.2. The lowest BCUT2D eigenvalue weighted by molar-refractivity contribution is -0.405. The quantitative estimate of drug-likeness (QED) is 0.485. The summed E-state index contributed by atoms with van der Waals surface area (Å²) >= 11 is 0. The van der Waals surface area contributed by atoms with Crippen LogP contribution in [-0.2, 0) is 9.78 Å². The summed E-state index contributed by atoms with van der Waals surface area (Å²) in [5.74, 6) is 0. The van der Waals surface area contributed by atoms with E-state index in [1.165, 1.54) is 0 Å². The molecule has 0 fully saturated rings. The van der Waals surface area contributed by atoms with Crippen LogP contribution < -0.4 is 0 Å². The molecule has 0 aromatic rings. The average molecular weight is 230 g/mol. The Morgan fingerprint density at radius 1 is 0.750 bits per heavy atom. The fourth-order valence-corrected chi connectivity index (χ4v) is 2.18. The molecule has 0 bridgehead atoms. The van der Waals surface area contributed by atoms with Crippen LogP contribution in [0.3, 0.4) is 0 Å². The van der Waals surface area contributed by atoms with Gasteiger partial charge in [-0.3, -0.25) is 0 Å². The first kappa shape index (κ1) is 15.9. The highest BCUT2D eigenvalue weighted by atomic mass is 17.2. The van der Waals surface area contributed by atoms with Crippen LogP contribution in [0, 0.1) is 5.41 Å². The zero-order valence-corrected chi connectivity index (χ0v) is 12.4. The molecular formula is C14H30O2. The molecule has 0 aromatic carbocycles. The SMILES string of the molecule is CCCC(C)(C)OOC(C)(C)CC(C)(C)C. The largest absolute Gasteiger partial charge is 0.230 e. The molecule has 98 valence electrons. The minimum atomic E-state index is -0.233. The third kappa shape index (κ3) is 8.12. The van der Waals surface area contributed by atoms with Crippen LogP contribution in [0.15, 0.2) is 0 Å².